The Morgan fingerprint density at radius 3 is 2.63 bits per heavy atom. The fourth-order valence-electron chi connectivity index (χ4n) is 1.49. The first-order valence-electron chi connectivity index (χ1n) is 5.86. The summed E-state index contributed by atoms with van der Waals surface area (Å²) in [6.45, 7) is 3.42. The van der Waals surface area contributed by atoms with Crippen molar-refractivity contribution in [2.24, 2.45) is 0 Å². The minimum absolute atomic E-state index is 0.0367. The Kier molecular flexibility index (Phi) is 6.52. The first kappa shape index (κ1) is 15.7. The van der Waals surface area contributed by atoms with Crippen LogP contribution in [0.2, 0.25) is 0 Å². The Morgan fingerprint density at radius 1 is 1.32 bits per heavy atom. The summed E-state index contributed by atoms with van der Waals surface area (Å²) in [6, 6.07) is 5.32. The van der Waals surface area contributed by atoms with Gasteiger partial charge in [0.1, 0.15) is 0 Å². The van der Waals surface area contributed by atoms with Crippen LogP contribution in [0.1, 0.15) is 22.8 Å². The number of esters is 1. The minimum Gasteiger partial charge on any atom is -0.465 e. The maximum atomic E-state index is 11.3. The van der Waals surface area contributed by atoms with Gasteiger partial charge < -0.3 is 15.4 Å². The number of benzene rings is 1. The van der Waals surface area contributed by atoms with Crippen LogP contribution in [0.15, 0.2) is 22.7 Å². The summed E-state index contributed by atoms with van der Waals surface area (Å²) in [5.41, 5.74) is 1.55. The predicted molar refractivity (Wildman–Crippen MR) is 75.9 cm³/mol. The first-order chi connectivity index (χ1) is 9.04. The molecule has 0 fully saturated rings. The Morgan fingerprint density at radius 2 is 2.05 bits per heavy atom. The summed E-state index contributed by atoms with van der Waals surface area (Å²) < 4.78 is 5.50. The molecule has 1 rings (SSSR count). The lowest BCUT2D eigenvalue weighted by Gasteiger charge is -2.08. The van der Waals surface area contributed by atoms with Crippen molar-refractivity contribution in [3.63, 3.8) is 0 Å². The van der Waals surface area contributed by atoms with Crippen LogP contribution in [0.4, 0.5) is 0 Å². The lowest BCUT2D eigenvalue weighted by molar-refractivity contribution is -0.118. The van der Waals surface area contributed by atoms with E-state index in [2.05, 4.69) is 31.3 Å². The van der Waals surface area contributed by atoms with Gasteiger partial charge in [-0.2, -0.15) is 0 Å². The second kappa shape index (κ2) is 7.91. The van der Waals surface area contributed by atoms with E-state index in [1.165, 1.54) is 14.0 Å². The van der Waals surface area contributed by atoms with Gasteiger partial charge in [-0.25, -0.2) is 4.79 Å². The summed E-state index contributed by atoms with van der Waals surface area (Å²) in [7, 11) is 1.35. The van der Waals surface area contributed by atoms with Gasteiger partial charge in [0, 0.05) is 31.0 Å². The standard InChI is InChI=1S/C13H17BrN2O3/c1-9(17)16-6-5-15-8-11-4-3-10(7-12(11)14)13(18)19-2/h3-4,7,15H,5-6,8H2,1-2H3,(H,16,17). The minimum atomic E-state index is -0.356. The highest BCUT2D eigenvalue weighted by molar-refractivity contribution is 9.10. The topological polar surface area (TPSA) is 67.4 Å². The van der Waals surface area contributed by atoms with Gasteiger partial charge in [-0.05, 0) is 17.7 Å². The van der Waals surface area contributed by atoms with E-state index in [-0.39, 0.29) is 11.9 Å². The molecule has 0 saturated heterocycles. The van der Waals surface area contributed by atoms with Crippen molar-refractivity contribution in [1.82, 2.24) is 10.6 Å². The zero-order chi connectivity index (χ0) is 14.3. The van der Waals surface area contributed by atoms with Crippen LogP contribution in [0, 0.1) is 0 Å². The molecule has 19 heavy (non-hydrogen) atoms. The van der Waals surface area contributed by atoms with Crippen LogP contribution in [-0.2, 0) is 16.1 Å². The van der Waals surface area contributed by atoms with Gasteiger partial charge in [0.05, 0.1) is 12.7 Å². The molecular weight excluding hydrogens is 312 g/mol. The number of rotatable bonds is 6. The summed E-state index contributed by atoms with van der Waals surface area (Å²) in [5, 5.41) is 5.90. The third-order valence-corrected chi connectivity index (χ3v) is 3.20. The van der Waals surface area contributed by atoms with Gasteiger partial charge in [0.2, 0.25) is 5.91 Å². The van der Waals surface area contributed by atoms with Gasteiger partial charge in [-0.3, -0.25) is 4.79 Å². The molecule has 0 saturated carbocycles. The number of carbonyl (C=O) groups is 2. The highest BCUT2D eigenvalue weighted by Crippen LogP contribution is 2.19. The molecule has 5 nitrogen and oxygen atoms in total. The molecule has 0 aliphatic rings. The number of amides is 1. The largest absolute Gasteiger partial charge is 0.465 e. The zero-order valence-electron chi connectivity index (χ0n) is 11.0. The molecule has 0 aliphatic heterocycles. The van der Waals surface area contributed by atoms with Gasteiger partial charge in [0.25, 0.3) is 0 Å². The summed E-state index contributed by atoms with van der Waals surface area (Å²) in [4.78, 5) is 22.0. The van der Waals surface area contributed by atoms with Crippen molar-refractivity contribution in [3.8, 4) is 0 Å². The number of carbonyl (C=O) groups excluding carboxylic acids is 2. The van der Waals surface area contributed by atoms with E-state index in [1.807, 2.05) is 6.07 Å². The highest BCUT2D eigenvalue weighted by atomic mass is 79.9. The number of hydrogen-bond acceptors (Lipinski definition) is 4. The molecule has 0 aromatic heterocycles. The van der Waals surface area contributed by atoms with Crippen LogP contribution in [-0.4, -0.2) is 32.1 Å². The molecule has 0 radical (unpaired) electrons. The molecule has 0 spiro atoms. The van der Waals surface area contributed by atoms with Crippen molar-refractivity contribution in [2.75, 3.05) is 20.2 Å². The molecule has 0 bridgehead atoms. The first-order valence-corrected chi connectivity index (χ1v) is 6.65. The molecule has 0 heterocycles. The number of ether oxygens (including phenoxy) is 1. The third kappa shape index (κ3) is 5.40. The predicted octanol–water partition coefficient (Wildman–Crippen LogP) is 1.46. The van der Waals surface area contributed by atoms with E-state index in [0.717, 1.165) is 10.0 Å². The van der Waals surface area contributed by atoms with Crippen LogP contribution in [0.25, 0.3) is 0 Å². The van der Waals surface area contributed by atoms with E-state index >= 15 is 0 Å². The third-order valence-electron chi connectivity index (χ3n) is 2.47. The number of nitrogens with one attached hydrogen (secondary N) is 2. The molecule has 1 aromatic rings. The Labute approximate surface area is 120 Å². The van der Waals surface area contributed by atoms with Crippen molar-refractivity contribution in [3.05, 3.63) is 33.8 Å². The van der Waals surface area contributed by atoms with Crippen molar-refractivity contribution < 1.29 is 14.3 Å². The number of methoxy groups -OCH3 is 1. The zero-order valence-corrected chi connectivity index (χ0v) is 12.5. The Balaban J connectivity index is 2.46. The maximum absolute atomic E-state index is 11.3. The quantitative estimate of drug-likeness (QED) is 0.613. The van der Waals surface area contributed by atoms with Crippen LogP contribution in [0.3, 0.4) is 0 Å². The van der Waals surface area contributed by atoms with E-state index in [1.54, 1.807) is 12.1 Å². The molecule has 104 valence electrons. The van der Waals surface area contributed by atoms with Gasteiger partial charge in [0.15, 0.2) is 0 Å². The van der Waals surface area contributed by atoms with Crippen molar-refractivity contribution >= 4 is 27.8 Å². The van der Waals surface area contributed by atoms with E-state index in [9.17, 15) is 9.59 Å². The molecule has 0 unspecified atom stereocenters. The average Bonchev–Trinajstić information content (AvgIpc) is 2.38. The monoisotopic (exact) mass is 328 g/mol. The van der Waals surface area contributed by atoms with Crippen LogP contribution in [0.5, 0.6) is 0 Å². The number of halogens is 1. The molecule has 2 N–H and O–H groups in total. The second-order valence-corrected chi connectivity index (χ2v) is 4.81. The molecule has 0 atom stereocenters. The second-order valence-electron chi connectivity index (χ2n) is 3.96. The van der Waals surface area contributed by atoms with Gasteiger partial charge >= 0.3 is 5.97 Å². The maximum Gasteiger partial charge on any atom is 0.337 e. The summed E-state index contributed by atoms with van der Waals surface area (Å²) in [5.74, 6) is -0.392. The molecule has 1 aromatic carbocycles. The van der Waals surface area contributed by atoms with Crippen molar-refractivity contribution in [1.29, 1.82) is 0 Å². The van der Waals surface area contributed by atoms with E-state index in [4.69, 9.17) is 0 Å². The Bertz CT molecular complexity index is 463. The summed E-state index contributed by atoms with van der Waals surface area (Å²) in [6.07, 6.45) is 0. The van der Waals surface area contributed by atoms with Gasteiger partial charge in [-0.1, -0.05) is 22.0 Å². The van der Waals surface area contributed by atoms with E-state index in [0.29, 0.717) is 25.2 Å². The number of hydrogen-bond donors (Lipinski definition) is 2. The normalized spacial score (nSPS) is 10.1. The fraction of sp³-hybridized carbons (Fsp3) is 0.385. The van der Waals surface area contributed by atoms with Gasteiger partial charge in [-0.15, -0.1) is 0 Å². The van der Waals surface area contributed by atoms with Crippen molar-refractivity contribution in [2.45, 2.75) is 13.5 Å². The molecule has 1 amide bonds. The lowest BCUT2D eigenvalue weighted by Crippen LogP contribution is -2.29. The van der Waals surface area contributed by atoms with Crippen LogP contribution >= 0.6 is 15.9 Å². The lowest BCUT2D eigenvalue weighted by atomic mass is 10.1. The Hall–Kier alpha value is -1.40. The average molecular weight is 329 g/mol. The highest BCUT2D eigenvalue weighted by Gasteiger charge is 2.08. The molecule has 6 heteroatoms. The summed E-state index contributed by atoms with van der Waals surface area (Å²) >= 11 is 3.42. The SMILES string of the molecule is COC(=O)c1ccc(CNCCNC(C)=O)c(Br)c1. The fourth-order valence-corrected chi connectivity index (χ4v) is 2.00. The van der Waals surface area contributed by atoms with E-state index < -0.39 is 0 Å². The molecular formula is C13H17BrN2O3. The smallest absolute Gasteiger partial charge is 0.337 e. The van der Waals surface area contributed by atoms with Crippen LogP contribution < -0.4 is 10.6 Å². The molecule has 0 aliphatic carbocycles.